The van der Waals surface area contributed by atoms with Gasteiger partial charge in [0.25, 0.3) is 0 Å². The molecule has 0 fully saturated rings. The molecule has 1 aliphatic heterocycles. The summed E-state index contributed by atoms with van der Waals surface area (Å²) in [6.45, 7) is 4.01. The maximum Gasteiger partial charge on any atom is 0.230 e. The van der Waals surface area contributed by atoms with E-state index in [1.807, 2.05) is 62.4 Å². The van der Waals surface area contributed by atoms with Crippen molar-refractivity contribution in [3.05, 3.63) is 70.8 Å². The minimum Gasteiger partial charge on any atom is -0.368 e. The van der Waals surface area contributed by atoms with Crippen LogP contribution in [0, 0.1) is 13.8 Å². The van der Waals surface area contributed by atoms with Gasteiger partial charge in [0.05, 0.1) is 0 Å². The van der Waals surface area contributed by atoms with Crippen molar-refractivity contribution in [1.82, 2.24) is 0 Å². The number of benzene rings is 2. The van der Waals surface area contributed by atoms with E-state index in [4.69, 9.17) is 5.73 Å². The maximum atomic E-state index is 11.0. The first kappa shape index (κ1) is 13.5. The summed E-state index contributed by atoms with van der Waals surface area (Å²) in [5.74, 6) is 0.0913. The van der Waals surface area contributed by atoms with Crippen molar-refractivity contribution < 1.29 is 5.11 Å². The quantitative estimate of drug-likeness (QED) is 0.885. The Kier molecular flexibility index (Phi) is 3.11. The normalized spacial score (nSPS) is 21.1. The molecule has 1 aliphatic rings. The molecule has 106 valence electrons. The molecule has 3 N–H and O–H groups in total. The van der Waals surface area contributed by atoms with E-state index in [2.05, 4.69) is 9.98 Å². The third-order valence-corrected chi connectivity index (χ3v) is 3.61. The van der Waals surface area contributed by atoms with Gasteiger partial charge in [0.2, 0.25) is 11.7 Å². The minimum absolute atomic E-state index is 0.0913. The van der Waals surface area contributed by atoms with Crippen molar-refractivity contribution >= 4 is 11.7 Å². The SMILES string of the molecule is Cc1ccc(C2=NC(N)=NC2(O)c2ccc(C)cc2)cc1. The van der Waals surface area contributed by atoms with Crippen molar-refractivity contribution in [3.8, 4) is 0 Å². The molecule has 0 saturated carbocycles. The lowest BCUT2D eigenvalue weighted by Crippen LogP contribution is -2.32. The van der Waals surface area contributed by atoms with Crippen LogP contribution in [-0.4, -0.2) is 16.8 Å². The van der Waals surface area contributed by atoms with E-state index < -0.39 is 5.72 Å². The third kappa shape index (κ3) is 2.34. The second-order valence-electron chi connectivity index (χ2n) is 5.33. The maximum absolute atomic E-state index is 11.0. The second kappa shape index (κ2) is 4.82. The molecule has 3 rings (SSSR count). The fourth-order valence-corrected chi connectivity index (χ4v) is 2.40. The first-order valence-electron chi connectivity index (χ1n) is 6.80. The zero-order valence-corrected chi connectivity index (χ0v) is 12.0. The number of hydrogen-bond acceptors (Lipinski definition) is 4. The number of guanidine groups is 1. The summed E-state index contributed by atoms with van der Waals surface area (Å²) in [6, 6.07) is 15.4. The van der Waals surface area contributed by atoms with Gasteiger partial charge in [-0.25, -0.2) is 9.98 Å². The van der Waals surface area contributed by atoms with Crippen LogP contribution < -0.4 is 5.73 Å². The third-order valence-electron chi connectivity index (χ3n) is 3.61. The van der Waals surface area contributed by atoms with Gasteiger partial charge in [0.15, 0.2) is 0 Å². The summed E-state index contributed by atoms with van der Waals surface area (Å²) in [4.78, 5) is 8.38. The highest BCUT2D eigenvalue weighted by atomic mass is 16.3. The molecule has 0 saturated heterocycles. The van der Waals surface area contributed by atoms with Crippen molar-refractivity contribution in [2.45, 2.75) is 19.6 Å². The van der Waals surface area contributed by atoms with E-state index in [0.717, 1.165) is 16.7 Å². The predicted molar refractivity (Wildman–Crippen MR) is 84.4 cm³/mol. The smallest absolute Gasteiger partial charge is 0.230 e. The first-order chi connectivity index (χ1) is 9.99. The fourth-order valence-electron chi connectivity index (χ4n) is 2.40. The fraction of sp³-hybridized carbons (Fsp3) is 0.176. The zero-order valence-electron chi connectivity index (χ0n) is 12.0. The Morgan fingerprint density at radius 3 is 2.00 bits per heavy atom. The van der Waals surface area contributed by atoms with Crippen LogP contribution in [-0.2, 0) is 5.72 Å². The van der Waals surface area contributed by atoms with Crippen molar-refractivity contribution in [1.29, 1.82) is 0 Å². The lowest BCUT2D eigenvalue weighted by molar-refractivity contribution is 0.126. The van der Waals surface area contributed by atoms with E-state index in [1.54, 1.807) is 0 Å². The molecule has 1 atom stereocenters. The van der Waals surface area contributed by atoms with E-state index in [-0.39, 0.29) is 5.96 Å². The second-order valence-corrected chi connectivity index (χ2v) is 5.33. The van der Waals surface area contributed by atoms with Crippen LogP contribution in [0.15, 0.2) is 58.5 Å². The van der Waals surface area contributed by atoms with Gasteiger partial charge in [-0.2, -0.15) is 0 Å². The topological polar surface area (TPSA) is 71.0 Å². The number of nitrogens with zero attached hydrogens (tertiary/aromatic N) is 2. The highest BCUT2D eigenvalue weighted by Gasteiger charge is 2.40. The van der Waals surface area contributed by atoms with E-state index in [0.29, 0.717) is 11.3 Å². The van der Waals surface area contributed by atoms with Gasteiger partial charge < -0.3 is 10.8 Å². The number of aliphatic imine (C=N–C) groups is 2. The summed E-state index contributed by atoms with van der Waals surface area (Å²) in [5, 5.41) is 11.0. The first-order valence-corrected chi connectivity index (χ1v) is 6.80. The average molecular weight is 279 g/mol. The summed E-state index contributed by atoms with van der Waals surface area (Å²) in [7, 11) is 0. The molecule has 1 unspecified atom stereocenters. The average Bonchev–Trinajstić information content (AvgIpc) is 2.76. The van der Waals surface area contributed by atoms with Gasteiger partial charge in [0.1, 0.15) is 5.71 Å². The van der Waals surface area contributed by atoms with Crippen LogP contribution in [0.1, 0.15) is 22.3 Å². The standard InChI is InChI=1S/C17H17N3O/c1-11-3-7-13(8-4-11)15-17(21,20-16(18)19-15)14-9-5-12(2)6-10-14/h3-10,21H,1-2H3,(H2,18,20). The van der Waals surface area contributed by atoms with Crippen LogP contribution >= 0.6 is 0 Å². The van der Waals surface area contributed by atoms with Gasteiger partial charge in [-0.3, -0.25) is 0 Å². The molecule has 0 aromatic heterocycles. The van der Waals surface area contributed by atoms with E-state index >= 15 is 0 Å². The molecule has 0 bridgehead atoms. The Balaban J connectivity index is 2.10. The molecular formula is C17H17N3O. The van der Waals surface area contributed by atoms with Gasteiger partial charge in [-0.1, -0.05) is 59.7 Å². The monoisotopic (exact) mass is 279 g/mol. The van der Waals surface area contributed by atoms with E-state index in [9.17, 15) is 5.11 Å². The van der Waals surface area contributed by atoms with Gasteiger partial charge in [-0.05, 0) is 13.8 Å². The Hall–Kier alpha value is -2.46. The van der Waals surface area contributed by atoms with Crippen LogP contribution in [0.5, 0.6) is 0 Å². The van der Waals surface area contributed by atoms with Gasteiger partial charge in [-0.15, -0.1) is 0 Å². The summed E-state index contributed by atoms with van der Waals surface area (Å²) in [6.07, 6.45) is 0. The number of rotatable bonds is 2. The number of hydrogen-bond donors (Lipinski definition) is 2. The predicted octanol–water partition coefficient (Wildman–Crippen LogP) is 2.27. The summed E-state index contributed by atoms with van der Waals surface area (Å²) >= 11 is 0. The summed E-state index contributed by atoms with van der Waals surface area (Å²) < 4.78 is 0. The Bertz CT molecular complexity index is 730. The van der Waals surface area contributed by atoms with Crippen LogP contribution in [0.3, 0.4) is 0 Å². The molecule has 2 aromatic carbocycles. The summed E-state index contributed by atoms with van der Waals surface area (Å²) in [5.41, 5.74) is 8.41. The van der Waals surface area contributed by atoms with Gasteiger partial charge in [0, 0.05) is 11.1 Å². The van der Waals surface area contributed by atoms with E-state index in [1.165, 1.54) is 0 Å². The lowest BCUT2D eigenvalue weighted by atomic mass is 9.92. The molecule has 2 aromatic rings. The Morgan fingerprint density at radius 1 is 0.905 bits per heavy atom. The lowest BCUT2D eigenvalue weighted by Gasteiger charge is -2.22. The minimum atomic E-state index is -1.52. The number of aryl methyl sites for hydroxylation is 2. The highest BCUT2D eigenvalue weighted by molar-refractivity contribution is 6.15. The van der Waals surface area contributed by atoms with Gasteiger partial charge >= 0.3 is 0 Å². The molecule has 4 heteroatoms. The number of nitrogens with two attached hydrogens (primary N) is 1. The molecule has 0 aliphatic carbocycles. The molecule has 1 heterocycles. The van der Waals surface area contributed by atoms with Crippen LogP contribution in [0.2, 0.25) is 0 Å². The number of aliphatic hydroxyl groups is 1. The highest BCUT2D eigenvalue weighted by Crippen LogP contribution is 2.32. The molecule has 21 heavy (non-hydrogen) atoms. The molecule has 0 spiro atoms. The Morgan fingerprint density at radius 2 is 1.43 bits per heavy atom. The van der Waals surface area contributed by atoms with Crippen molar-refractivity contribution in [3.63, 3.8) is 0 Å². The van der Waals surface area contributed by atoms with Crippen LogP contribution in [0.4, 0.5) is 0 Å². The van der Waals surface area contributed by atoms with Crippen LogP contribution in [0.25, 0.3) is 0 Å². The molecule has 0 radical (unpaired) electrons. The Labute approximate surface area is 123 Å². The largest absolute Gasteiger partial charge is 0.368 e. The van der Waals surface area contributed by atoms with Crippen molar-refractivity contribution in [2.75, 3.05) is 0 Å². The molecule has 0 amide bonds. The van der Waals surface area contributed by atoms with Crippen molar-refractivity contribution in [2.24, 2.45) is 15.7 Å². The zero-order chi connectivity index (χ0) is 15.0. The molecule has 4 nitrogen and oxygen atoms in total. The molecular weight excluding hydrogens is 262 g/mol.